The topological polar surface area (TPSA) is 88.1 Å². The van der Waals surface area contributed by atoms with Crippen molar-refractivity contribution in [1.82, 2.24) is 20.0 Å². The predicted octanol–water partition coefficient (Wildman–Crippen LogP) is 4.22. The predicted molar refractivity (Wildman–Crippen MR) is 161 cm³/mol. The summed E-state index contributed by atoms with van der Waals surface area (Å²) in [5.74, 6) is 1.42. The Hall–Kier alpha value is -4.99. The highest BCUT2D eigenvalue weighted by Gasteiger charge is 2.26. The van der Waals surface area contributed by atoms with E-state index in [0.717, 1.165) is 22.5 Å². The highest BCUT2D eigenvalue weighted by molar-refractivity contribution is 5.86. The van der Waals surface area contributed by atoms with Crippen LogP contribution in [0.1, 0.15) is 11.1 Å². The van der Waals surface area contributed by atoms with Crippen LogP contribution in [0.3, 0.4) is 0 Å². The van der Waals surface area contributed by atoms with Gasteiger partial charge in [-0.25, -0.2) is 4.39 Å². The second-order valence-electron chi connectivity index (χ2n) is 10.2. The Balaban J connectivity index is 1.21. The molecule has 1 fully saturated rings. The molecule has 1 saturated heterocycles. The average Bonchev–Trinajstić information content (AvgIpc) is 3.05. The lowest BCUT2D eigenvalue weighted by atomic mass is 10.1. The molecule has 0 N–H and O–H groups in total. The van der Waals surface area contributed by atoms with Crippen molar-refractivity contribution in [1.29, 1.82) is 0 Å². The van der Waals surface area contributed by atoms with Crippen molar-refractivity contribution >= 4 is 17.6 Å². The fraction of sp³-hybridized carbons (Fsp3) is 0.273. The Morgan fingerprint density at radius 2 is 1.58 bits per heavy atom. The first-order valence-corrected chi connectivity index (χ1v) is 14.1. The number of carbonyl (C=O) groups is 2. The molecule has 1 aliphatic rings. The number of benzene rings is 3. The maximum atomic E-state index is 13.5. The van der Waals surface area contributed by atoms with Gasteiger partial charge in [-0.2, -0.15) is 0 Å². The lowest BCUT2D eigenvalue weighted by molar-refractivity contribution is -0.140. The van der Waals surface area contributed by atoms with Gasteiger partial charge in [0, 0.05) is 44.4 Å². The molecule has 0 spiro atoms. The summed E-state index contributed by atoms with van der Waals surface area (Å²) in [4.78, 5) is 32.1. The molecule has 9 nitrogen and oxygen atoms in total. The molecule has 2 amide bonds. The summed E-state index contributed by atoms with van der Waals surface area (Å²) in [6, 6.07) is 24.8. The fourth-order valence-electron chi connectivity index (χ4n) is 5.02. The summed E-state index contributed by atoms with van der Waals surface area (Å²) < 4.78 is 24.2. The first kappa shape index (κ1) is 29.5. The quantitative estimate of drug-likeness (QED) is 0.276. The smallest absolute Gasteiger partial charge is 0.242 e. The molecular weight excluding hydrogens is 549 g/mol. The Morgan fingerprint density at radius 1 is 0.837 bits per heavy atom. The van der Waals surface area contributed by atoms with Crippen molar-refractivity contribution in [3.05, 3.63) is 102 Å². The molecule has 0 aliphatic carbocycles. The van der Waals surface area contributed by atoms with Crippen molar-refractivity contribution in [2.75, 3.05) is 51.8 Å². The monoisotopic (exact) mass is 583 g/mol. The molecule has 1 aromatic heterocycles. The van der Waals surface area contributed by atoms with E-state index in [1.54, 1.807) is 42.2 Å². The average molecular weight is 584 g/mol. The maximum absolute atomic E-state index is 13.5. The Bertz CT molecular complexity index is 1530. The third-order valence-corrected chi connectivity index (χ3v) is 7.46. The number of hydrogen-bond acceptors (Lipinski definition) is 7. The van der Waals surface area contributed by atoms with Gasteiger partial charge in [-0.3, -0.25) is 9.59 Å². The van der Waals surface area contributed by atoms with Gasteiger partial charge in [-0.05, 0) is 47.5 Å². The minimum atomic E-state index is -0.348. The van der Waals surface area contributed by atoms with Crippen LogP contribution >= 0.6 is 0 Å². The van der Waals surface area contributed by atoms with Gasteiger partial charge in [0.25, 0.3) is 0 Å². The van der Waals surface area contributed by atoms with E-state index in [1.807, 2.05) is 54.6 Å². The van der Waals surface area contributed by atoms with Crippen LogP contribution in [-0.4, -0.2) is 78.8 Å². The number of halogens is 1. The Morgan fingerprint density at radius 3 is 2.23 bits per heavy atom. The SMILES string of the molecule is COc1ccc(-c2ccc(N3CCN(C(=O)CN(Cc4ccc(F)cc4)C(=O)Cc4ccccc4)CC3)nn2)c(OC)c1. The molecule has 0 unspecified atom stereocenters. The zero-order valence-corrected chi connectivity index (χ0v) is 24.3. The van der Waals surface area contributed by atoms with E-state index < -0.39 is 0 Å². The minimum Gasteiger partial charge on any atom is -0.497 e. The fourth-order valence-corrected chi connectivity index (χ4v) is 5.02. The van der Waals surface area contributed by atoms with E-state index in [4.69, 9.17) is 9.47 Å². The van der Waals surface area contributed by atoms with Gasteiger partial charge < -0.3 is 24.2 Å². The van der Waals surface area contributed by atoms with Crippen molar-refractivity contribution < 1.29 is 23.5 Å². The van der Waals surface area contributed by atoms with Gasteiger partial charge in [-0.1, -0.05) is 42.5 Å². The van der Waals surface area contributed by atoms with Gasteiger partial charge in [0.1, 0.15) is 23.9 Å². The first-order chi connectivity index (χ1) is 20.9. The van der Waals surface area contributed by atoms with Crippen molar-refractivity contribution in [2.24, 2.45) is 0 Å². The molecule has 10 heteroatoms. The molecule has 1 aliphatic heterocycles. The first-order valence-electron chi connectivity index (χ1n) is 14.1. The normalized spacial score (nSPS) is 13.0. The van der Waals surface area contributed by atoms with Crippen LogP contribution in [0.5, 0.6) is 11.5 Å². The number of amides is 2. The molecule has 0 bridgehead atoms. The lowest BCUT2D eigenvalue weighted by Gasteiger charge is -2.36. The van der Waals surface area contributed by atoms with E-state index in [0.29, 0.717) is 43.4 Å². The van der Waals surface area contributed by atoms with E-state index in [9.17, 15) is 14.0 Å². The summed E-state index contributed by atoms with van der Waals surface area (Å²) in [6.07, 6.45) is 0.181. The zero-order chi connectivity index (χ0) is 30.2. The molecule has 5 rings (SSSR count). The summed E-state index contributed by atoms with van der Waals surface area (Å²) in [5, 5.41) is 8.86. The van der Waals surface area contributed by atoms with E-state index in [1.165, 1.54) is 12.1 Å². The minimum absolute atomic E-state index is 0.0543. The van der Waals surface area contributed by atoms with Gasteiger partial charge in [0.2, 0.25) is 11.8 Å². The highest BCUT2D eigenvalue weighted by Crippen LogP contribution is 2.32. The summed E-state index contributed by atoms with van der Waals surface area (Å²) in [7, 11) is 3.20. The van der Waals surface area contributed by atoms with Crippen molar-refractivity contribution in [3.8, 4) is 22.8 Å². The van der Waals surface area contributed by atoms with Crippen molar-refractivity contribution in [2.45, 2.75) is 13.0 Å². The van der Waals surface area contributed by atoms with Gasteiger partial charge in [0.15, 0.2) is 5.82 Å². The van der Waals surface area contributed by atoms with E-state index >= 15 is 0 Å². The molecule has 0 radical (unpaired) electrons. The third kappa shape index (κ3) is 7.45. The number of rotatable bonds is 10. The molecule has 3 aromatic carbocycles. The van der Waals surface area contributed by atoms with E-state index in [2.05, 4.69) is 15.1 Å². The van der Waals surface area contributed by atoms with Crippen molar-refractivity contribution in [3.63, 3.8) is 0 Å². The van der Waals surface area contributed by atoms with Crippen LogP contribution in [-0.2, 0) is 22.6 Å². The molecule has 222 valence electrons. The second-order valence-corrected chi connectivity index (χ2v) is 10.2. The van der Waals surface area contributed by atoms with Gasteiger partial charge >= 0.3 is 0 Å². The number of ether oxygens (including phenoxy) is 2. The van der Waals surface area contributed by atoms with Gasteiger partial charge in [0.05, 0.1) is 26.3 Å². The van der Waals surface area contributed by atoms with Crippen LogP contribution < -0.4 is 14.4 Å². The largest absolute Gasteiger partial charge is 0.497 e. The van der Waals surface area contributed by atoms with Crippen LogP contribution in [0.25, 0.3) is 11.3 Å². The molecule has 4 aromatic rings. The molecule has 43 heavy (non-hydrogen) atoms. The Kier molecular flexibility index (Phi) is 9.46. The molecule has 0 atom stereocenters. The number of hydrogen-bond donors (Lipinski definition) is 0. The second kappa shape index (κ2) is 13.8. The summed E-state index contributed by atoms with van der Waals surface area (Å²) in [5.41, 5.74) is 3.12. The van der Waals surface area contributed by atoms with Crippen LogP contribution in [0, 0.1) is 5.82 Å². The molecule has 0 saturated carbocycles. The number of methoxy groups -OCH3 is 2. The number of aromatic nitrogens is 2. The zero-order valence-electron chi connectivity index (χ0n) is 24.3. The summed E-state index contributed by atoms with van der Waals surface area (Å²) in [6.45, 7) is 2.32. The van der Waals surface area contributed by atoms with E-state index in [-0.39, 0.29) is 37.1 Å². The Labute approximate surface area is 250 Å². The number of piperazine rings is 1. The highest BCUT2D eigenvalue weighted by atomic mass is 19.1. The summed E-state index contributed by atoms with van der Waals surface area (Å²) >= 11 is 0. The third-order valence-electron chi connectivity index (χ3n) is 7.46. The van der Waals surface area contributed by atoms with Crippen LogP contribution in [0.2, 0.25) is 0 Å². The molecular formula is C33H34FN5O4. The van der Waals surface area contributed by atoms with Gasteiger partial charge in [-0.15, -0.1) is 10.2 Å². The standard InChI is InChI=1S/C33H34FN5O4/c1-42-27-12-13-28(30(21-27)43-2)29-14-15-31(36-35-29)37-16-18-38(19-17-37)33(41)23-39(22-25-8-10-26(34)11-9-25)32(40)20-24-6-4-3-5-7-24/h3-15,21H,16-20,22-23H2,1-2H3. The molecule has 2 heterocycles. The number of carbonyl (C=O) groups excluding carboxylic acids is 2. The van der Waals surface area contributed by atoms with Crippen LogP contribution in [0.4, 0.5) is 10.2 Å². The number of anilines is 1. The van der Waals surface area contributed by atoms with Crippen LogP contribution in [0.15, 0.2) is 84.9 Å². The maximum Gasteiger partial charge on any atom is 0.242 e. The number of nitrogens with zero attached hydrogens (tertiary/aromatic N) is 5. The lowest BCUT2D eigenvalue weighted by Crippen LogP contribution is -2.52.